The lowest BCUT2D eigenvalue weighted by Crippen LogP contribution is -2.56. The van der Waals surface area contributed by atoms with Crippen LogP contribution in [0.4, 0.5) is 0 Å². The fourth-order valence-electron chi connectivity index (χ4n) is 8.89. The van der Waals surface area contributed by atoms with Gasteiger partial charge in [0.2, 0.25) is 0 Å². The minimum absolute atomic E-state index is 0.201. The van der Waals surface area contributed by atoms with E-state index in [1.807, 2.05) is 0 Å². The second kappa shape index (κ2) is 7.91. The van der Waals surface area contributed by atoms with Crippen molar-refractivity contribution < 1.29 is 10.2 Å². The lowest BCUT2D eigenvalue weighted by molar-refractivity contribution is -0.119. The molecular weight excluding hydrogens is 368 g/mol. The maximum Gasteiger partial charge on any atom is 0.0757 e. The van der Waals surface area contributed by atoms with Gasteiger partial charge in [-0.05, 0) is 90.8 Å². The molecule has 0 spiro atoms. The van der Waals surface area contributed by atoms with Gasteiger partial charge >= 0.3 is 0 Å². The Hall–Kier alpha value is -0.340. The molecule has 2 nitrogen and oxygen atoms in total. The zero-order valence-electron chi connectivity index (χ0n) is 20.6. The van der Waals surface area contributed by atoms with Gasteiger partial charge in [-0.3, -0.25) is 0 Å². The highest BCUT2D eigenvalue weighted by molar-refractivity contribution is 5.28. The van der Waals surface area contributed by atoms with Crippen LogP contribution < -0.4 is 0 Å². The van der Waals surface area contributed by atoms with Crippen LogP contribution in [-0.2, 0) is 0 Å². The standard InChI is InChI=1S/C28H48O2/c1-18(2)8-7-9-19(3)27(5)14-12-23-25-22(11-15-28(23,27)6)26(4)13-10-21(29)16-20(26)17-24(25)30/h17-19,21-25,29-30H,7-16H2,1-6H3. The Bertz CT molecular complexity index is 668. The molecule has 4 aliphatic rings. The zero-order valence-corrected chi connectivity index (χ0v) is 20.6. The molecular formula is C28H48O2. The Balaban J connectivity index is 1.58. The van der Waals surface area contributed by atoms with Crippen molar-refractivity contribution >= 4 is 0 Å². The summed E-state index contributed by atoms with van der Waals surface area (Å²) >= 11 is 0. The summed E-state index contributed by atoms with van der Waals surface area (Å²) in [6.07, 6.45) is 13.7. The summed E-state index contributed by atoms with van der Waals surface area (Å²) in [5.74, 6) is 3.22. The van der Waals surface area contributed by atoms with E-state index in [0.29, 0.717) is 28.6 Å². The van der Waals surface area contributed by atoms with Gasteiger partial charge in [0.25, 0.3) is 0 Å². The van der Waals surface area contributed by atoms with E-state index in [0.717, 1.165) is 31.1 Å². The molecule has 4 rings (SSSR count). The van der Waals surface area contributed by atoms with Crippen LogP contribution in [0.5, 0.6) is 0 Å². The molecule has 9 atom stereocenters. The molecule has 0 aliphatic heterocycles. The smallest absolute Gasteiger partial charge is 0.0757 e. The first-order valence-corrected chi connectivity index (χ1v) is 13.1. The number of hydrogen-bond donors (Lipinski definition) is 2. The van der Waals surface area contributed by atoms with Crippen LogP contribution in [0.1, 0.15) is 106 Å². The highest BCUT2D eigenvalue weighted by atomic mass is 16.3. The summed E-state index contributed by atoms with van der Waals surface area (Å²) in [5.41, 5.74) is 2.31. The van der Waals surface area contributed by atoms with Crippen LogP contribution in [-0.4, -0.2) is 22.4 Å². The van der Waals surface area contributed by atoms with Crippen LogP contribution in [0, 0.1) is 45.8 Å². The fourth-order valence-corrected chi connectivity index (χ4v) is 8.89. The average Bonchev–Trinajstić information content (AvgIpc) is 2.95. The summed E-state index contributed by atoms with van der Waals surface area (Å²) in [6.45, 7) is 14.9. The van der Waals surface area contributed by atoms with E-state index in [-0.39, 0.29) is 17.6 Å². The molecule has 0 bridgehead atoms. The third-order valence-corrected chi connectivity index (χ3v) is 11.3. The molecule has 0 amide bonds. The average molecular weight is 417 g/mol. The number of aliphatic hydroxyl groups is 2. The highest BCUT2D eigenvalue weighted by Gasteiger charge is 2.64. The summed E-state index contributed by atoms with van der Waals surface area (Å²) in [5, 5.41) is 21.6. The van der Waals surface area contributed by atoms with Crippen LogP contribution >= 0.6 is 0 Å². The first-order valence-electron chi connectivity index (χ1n) is 13.1. The third-order valence-electron chi connectivity index (χ3n) is 11.3. The Morgan fingerprint density at radius 2 is 1.63 bits per heavy atom. The molecule has 0 saturated heterocycles. The van der Waals surface area contributed by atoms with E-state index in [2.05, 4.69) is 47.6 Å². The van der Waals surface area contributed by atoms with Gasteiger partial charge in [0, 0.05) is 0 Å². The molecule has 0 heterocycles. The monoisotopic (exact) mass is 416 g/mol. The zero-order chi connectivity index (χ0) is 21.9. The normalized spacial score (nSPS) is 49.2. The van der Waals surface area contributed by atoms with Crippen molar-refractivity contribution in [2.75, 3.05) is 0 Å². The van der Waals surface area contributed by atoms with Crippen LogP contribution in [0.3, 0.4) is 0 Å². The van der Waals surface area contributed by atoms with Crippen LogP contribution in [0.2, 0.25) is 0 Å². The summed E-state index contributed by atoms with van der Waals surface area (Å²) in [7, 11) is 0. The van der Waals surface area contributed by atoms with Crippen molar-refractivity contribution in [1.29, 1.82) is 0 Å². The predicted molar refractivity (Wildman–Crippen MR) is 125 cm³/mol. The van der Waals surface area contributed by atoms with Gasteiger partial charge < -0.3 is 10.2 Å². The summed E-state index contributed by atoms with van der Waals surface area (Å²) in [4.78, 5) is 0. The molecule has 30 heavy (non-hydrogen) atoms. The summed E-state index contributed by atoms with van der Waals surface area (Å²) < 4.78 is 0. The van der Waals surface area contributed by atoms with Crippen molar-refractivity contribution in [2.24, 2.45) is 45.8 Å². The van der Waals surface area contributed by atoms with E-state index in [9.17, 15) is 10.2 Å². The third kappa shape index (κ3) is 3.35. The quantitative estimate of drug-likeness (QED) is 0.487. The van der Waals surface area contributed by atoms with Gasteiger partial charge in [0.05, 0.1) is 12.2 Å². The molecule has 2 N–H and O–H groups in total. The first kappa shape index (κ1) is 22.8. The van der Waals surface area contributed by atoms with E-state index in [1.54, 1.807) is 0 Å². The van der Waals surface area contributed by atoms with E-state index < -0.39 is 0 Å². The number of aliphatic hydroxyl groups excluding tert-OH is 2. The topological polar surface area (TPSA) is 40.5 Å². The number of hydrogen-bond acceptors (Lipinski definition) is 2. The molecule has 0 aromatic rings. The first-order chi connectivity index (χ1) is 14.0. The summed E-state index contributed by atoms with van der Waals surface area (Å²) in [6, 6.07) is 0. The van der Waals surface area contributed by atoms with Crippen LogP contribution in [0.15, 0.2) is 11.6 Å². The molecule has 172 valence electrons. The van der Waals surface area contributed by atoms with Crippen molar-refractivity contribution in [2.45, 2.75) is 118 Å². The molecule has 3 fully saturated rings. The highest BCUT2D eigenvalue weighted by Crippen LogP contribution is 2.71. The Labute approximate surface area is 185 Å². The molecule has 0 aromatic heterocycles. The maximum absolute atomic E-state index is 11.4. The van der Waals surface area contributed by atoms with Crippen molar-refractivity contribution in [1.82, 2.24) is 0 Å². The number of fused-ring (bicyclic) bond motifs is 5. The lowest BCUT2D eigenvalue weighted by atomic mass is 9.44. The lowest BCUT2D eigenvalue weighted by Gasteiger charge is -2.61. The Morgan fingerprint density at radius 3 is 2.33 bits per heavy atom. The van der Waals surface area contributed by atoms with Gasteiger partial charge in [0.15, 0.2) is 0 Å². The second-order valence-corrected chi connectivity index (χ2v) is 12.9. The van der Waals surface area contributed by atoms with E-state index in [4.69, 9.17) is 0 Å². The van der Waals surface area contributed by atoms with Gasteiger partial charge in [-0.25, -0.2) is 0 Å². The van der Waals surface area contributed by atoms with Crippen LogP contribution in [0.25, 0.3) is 0 Å². The minimum atomic E-state index is -0.313. The molecule has 0 aromatic carbocycles. The predicted octanol–water partition coefficient (Wildman–Crippen LogP) is 6.75. The van der Waals surface area contributed by atoms with E-state index >= 15 is 0 Å². The molecule has 9 unspecified atom stereocenters. The Morgan fingerprint density at radius 1 is 0.933 bits per heavy atom. The second-order valence-electron chi connectivity index (χ2n) is 12.9. The van der Waals surface area contributed by atoms with Gasteiger partial charge in [-0.15, -0.1) is 0 Å². The largest absolute Gasteiger partial charge is 0.393 e. The number of rotatable bonds is 5. The van der Waals surface area contributed by atoms with Gasteiger partial charge in [0.1, 0.15) is 0 Å². The van der Waals surface area contributed by atoms with E-state index in [1.165, 1.54) is 50.5 Å². The van der Waals surface area contributed by atoms with Gasteiger partial charge in [-0.1, -0.05) is 72.5 Å². The molecule has 3 saturated carbocycles. The van der Waals surface area contributed by atoms with Gasteiger partial charge in [-0.2, -0.15) is 0 Å². The molecule has 4 aliphatic carbocycles. The Kier molecular flexibility index (Phi) is 6.02. The van der Waals surface area contributed by atoms with Crippen molar-refractivity contribution in [3.05, 3.63) is 11.6 Å². The maximum atomic E-state index is 11.4. The van der Waals surface area contributed by atoms with Crippen molar-refractivity contribution in [3.63, 3.8) is 0 Å². The minimum Gasteiger partial charge on any atom is -0.393 e. The molecule has 2 heteroatoms. The fraction of sp³-hybridized carbons (Fsp3) is 0.929. The van der Waals surface area contributed by atoms with Crippen molar-refractivity contribution in [3.8, 4) is 0 Å². The molecule has 0 radical (unpaired) electrons. The SMILES string of the molecule is CC(C)CCCC(C)C1(C)CCC2C3C(O)C=C4CC(O)CCC4(C)C3CCC21C.